The summed E-state index contributed by atoms with van der Waals surface area (Å²) in [4.78, 5) is 32.1. The highest BCUT2D eigenvalue weighted by Crippen LogP contribution is 2.27. The summed E-state index contributed by atoms with van der Waals surface area (Å²) in [5.41, 5.74) is -0.409. The van der Waals surface area contributed by atoms with Gasteiger partial charge in [0.25, 0.3) is 5.56 Å². The molecule has 1 aromatic carbocycles. The smallest absolute Gasteiger partial charge is 0.261 e. The molecule has 1 atom stereocenters. The van der Waals surface area contributed by atoms with Crippen molar-refractivity contribution >= 4 is 16.8 Å². The van der Waals surface area contributed by atoms with Crippen molar-refractivity contribution in [2.45, 2.75) is 57.6 Å². The molecule has 6 nitrogen and oxygen atoms in total. The first-order chi connectivity index (χ1) is 14.0. The maximum absolute atomic E-state index is 13.0. The highest BCUT2D eigenvalue weighted by molar-refractivity contribution is 5.77. The maximum atomic E-state index is 13.0. The first-order valence-electron chi connectivity index (χ1n) is 10.6. The Bertz CT molecular complexity index is 987. The van der Waals surface area contributed by atoms with Crippen molar-refractivity contribution in [1.82, 2.24) is 14.5 Å². The van der Waals surface area contributed by atoms with Crippen molar-refractivity contribution in [3.8, 4) is 0 Å². The molecule has 1 fully saturated rings. The van der Waals surface area contributed by atoms with Crippen LogP contribution in [0.15, 0.2) is 41.2 Å². The lowest BCUT2D eigenvalue weighted by molar-refractivity contribution is -0.136. The summed E-state index contributed by atoms with van der Waals surface area (Å²) in [5, 5.41) is 11.8. The van der Waals surface area contributed by atoms with Gasteiger partial charge < -0.3 is 10.0 Å². The third-order valence-corrected chi connectivity index (χ3v) is 6.31. The van der Waals surface area contributed by atoms with Gasteiger partial charge >= 0.3 is 0 Å². The number of aliphatic hydroxyl groups is 1. The zero-order valence-electron chi connectivity index (χ0n) is 17.0. The molecule has 0 bridgehead atoms. The van der Waals surface area contributed by atoms with Gasteiger partial charge in [0.15, 0.2) is 0 Å². The molecule has 2 heterocycles. The first-order valence-corrected chi connectivity index (χ1v) is 10.6. The molecule has 1 unspecified atom stereocenters. The average Bonchev–Trinajstić information content (AvgIpc) is 3.23. The van der Waals surface area contributed by atoms with Crippen LogP contribution < -0.4 is 5.56 Å². The van der Waals surface area contributed by atoms with Crippen molar-refractivity contribution in [3.05, 3.63) is 52.6 Å². The summed E-state index contributed by atoms with van der Waals surface area (Å²) in [5.74, 6) is 1.22. The number of carbonyl (C=O) groups excluding carboxylic acids is 1. The standard InChI is InChI=1S/C23H29N3O3/c1-2-20-24-19-10-6-5-9-18(19)22(28)26(20)16-23(29)11-13-25(14-12-23)21(27)15-17-7-3-4-8-17/h3,5-7,9-10,17,29H,2,4,8,11-16H2,1H3. The largest absolute Gasteiger partial charge is 0.388 e. The van der Waals surface area contributed by atoms with Gasteiger partial charge in [-0.3, -0.25) is 14.2 Å². The Balaban J connectivity index is 1.47. The number of benzene rings is 1. The number of amides is 1. The third-order valence-electron chi connectivity index (χ3n) is 6.31. The molecule has 0 radical (unpaired) electrons. The second-order valence-electron chi connectivity index (χ2n) is 8.36. The van der Waals surface area contributed by atoms with Crippen molar-refractivity contribution in [2.24, 2.45) is 5.92 Å². The van der Waals surface area contributed by atoms with E-state index in [0.29, 0.717) is 61.4 Å². The van der Waals surface area contributed by atoms with Gasteiger partial charge in [-0.2, -0.15) is 0 Å². The highest BCUT2D eigenvalue weighted by atomic mass is 16.3. The number of aromatic nitrogens is 2. The van der Waals surface area contributed by atoms with Crippen LogP contribution in [0.2, 0.25) is 0 Å². The molecule has 1 aliphatic heterocycles. The number of aryl methyl sites for hydroxylation is 1. The molecule has 6 heteroatoms. The van der Waals surface area contributed by atoms with Gasteiger partial charge in [0, 0.05) is 25.9 Å². The van der Waals surface area contributed by atoms with Crippen molar-refractivity contribution < 1.29 is 9.90 Å². The van der Waals surface area contributed by atoms with Crippen molar-refractivity contribution in [3.63, 3.8) is 0 Å². The van der Waals surface area contributed by atoms with Crippen LogP contribution in [-0.4, -0.2) is 44.2 Å². The molecule has 154 valence electrons. The van der Waals surface area contributed by atoms with Crippen molar-refractivity contribution in [2.75, 3.05) is 13.1 Å². The Labute approximate surface area is 170 Å². The Morgan fingerprint density at radius 2 is 2.03 bits per heavy atom. The molecular formula is C23H29N3O3. The zero-order chi connectivity index (χ0) is 20.4. The number of likely N-dealkylation sites (tertiary alicyclic amines) is 1. The van der Waals surface area contributed by atoms with Crippen LogP contribution in [0, 0.1) is 5.92 Å². The predicted octanol–water partition coefficient (Wildman–Crippen LogP) is 2.67. The SMILES string of the molecule is CCc1nc2ccccc2c(=O)n1CC1(O)CCN(C(=O)CC2C=CCC2)CC1. The number of piperidine rings is 1. The molecule has 2 aromatic rings. The van der Waals surface area contributed by atoms with Gasteiger partial charge in [0.2, 0.25) is 5.91 Å². The van der Waals surface area contributed by atoms with E-state index in [2.05, 4.69) is 17.1 Å². The zero-order valence-corrected chi connectivity index (χ0v) is 17.0. The van der Waals surface area contributed by atoms with E-state index in [0.717, 1.165) is 12.8 Å². The topological polar surface area (TPSA) is 75.4 Å². The minimum Gasteiger partial charge on any atom is -0.388 e. The van der Waals surface area contributed by atoms with Gasteiger partial charge in [-0.05, 0) is 43.7 Å². The Hall–Kier alpha value is -2.47. The van der Waals surface area contributed by atoms with E-state index in [9.17, 15) is 14.7 Å². The molecule has 1 aliphatic carbocycles. The van der Waals surface area contributed by atoms with Gasteiger partial charge in [-0.1, -0.05) is 31.2 Å². The van der Waals surface area contributed by atoms with Crippen LogP contribution in [0.1, 0.15) is 44.9 Å². The number of allylic oxidation sites excluding steroid dienone is 2. The van der Waals surface area contributed by atoms with E-state index in [1.807, 2.05) is 30.0 Å². The summed E-state index contributed by atoms with van der Waals surface area (Å²) in [6.45, 7) is 3.25. The molecule has 29 heavy (non-hydrogen) atoms. The highest BCUT2D eigenvalue weighted by Gasteiger charge is 2.35. The lowest BCUT2D eigenvalue weighted by Gasteiger charge is -2.39. The molecule has 4 rings (SSSR count). The first kappa shape index (κ1) is 19.8. The second kappa shape index (κ2) is 8.11. The number of hydrogen-bond donors (Lipinski definition) is 1. The van der Waals surface area contributed by atoms with E-state index in [1.54, 1.807) is 10.6 Å². The van der Waals surface area contributed by atoms with E-state index >= 15 is 0 Å². The lowest BCUT2D eigenvalue weighted by Crippen LogP contribution is -2.50. The summed E-state index contributed by atoms with van der Waals surface area (Å²) in [6.07, 6.45) is 8.53. The van der Waals surface area contributed by atoms with Crippen LogP contribution in [0.4, 0.5) is 0 Å². The van der Waals surface area contributed by atoms with E-state index in [1.165, 1.54) is 0 Å². The fourth-order valence-corrected chi connectivity index (χ4v) is 4.49. The number of para-hydroxylation sites is 1. The molecule has 1 saturated heterocycles. The van der Waals surface area contributed by atoms with Crippen LogP contribution in [0.5, 0.6) is 0 Å². The Kier molecular flexibility index (Phi) is 5.54. The van der Waals surface area contributed by atoms with Crippen LogP contribution >= 0.6 is 0 Å². The molecule has 1 aromatic heterocycles. The Morgan fingerprint density at radius 1 is 1.28 bits per heavy atom. The van der Waals surface area contributed by atoms with E-state index < -0.39 is 5.60 Å². The minimum atomic E-state index is -0.998. The summed E-state index contributed by atoms with van der Waals surface area (Å²) < 4.78 is 1.63. The second-order valence-corrected chi connectivity index (χ2v) is 8.36. The number of carbonyl (C=O) groups is 1. The van der Waals surface area contributed by atoms with Gasteiger partial charge in [0.1, 0.15) is 5.82 Å². The summed E-state index contributed by atoms with van der Waals surface area (Å²) in [7, 11) is 0. The van der Waals surface area contributed by atoms with Crippen LogP contribution in [-0.2, 0) is 17.8 Å². The van der Waals surface area contributed by atoms with E-state index in [-0.39, 0.29) is 18.0 Å². The molecule has 0 saturated carbocycles. The Morgan fingerprint density at radius 3 is 2.72 bits per heavy atom. The predicted molar refractivity (Wildman–Crippen MR) is 113 cm³/mol. The van der Waals surface area contributed by atoms with Gasteiger partial charge in [0.05, 0.1) is 23.0 Å². The van der Waals surface area contributed by atoms with Gasteiger partial charge in [-0.15, -0.1) is 0 Å². The fraction of sp³-hybridized carbons (Fsp3) is 0.522. The fourth-order valence-electron chi connectivity index (χ4n) is 4.49. The number of rotatable bonds is 5. The normalized spacial score (nSPS) is 21.0. The number of fused-ring (bicyclic) bond motifs is 1. The monoisotopic (exact) mass is 395 g/mol. The van der Waals surface area contributed by atoms with E-state index in [4.69, 9.17) is 0 Å². The molecule has 0 spiro atoms. The van der Waals surface area contributed by atoms with Crippen molar-refractivity contribution in [1.29, 1.82) is 0 Å². The quantitative estimate of drug-likeness (QED) is 0.790. The van der Waals surface area contributed by atoms with Gasteiger partial charge in [-0.25, -0.2) is 4.98 Å². The molecular weight excluding hydrogens is 366 g/mol. The maximum Gasteiger partial charge on any atom is 0.261 e. The third kappa shape index (κ3) is 4.13. The number of nitrogens with zero attached hydrogens (tertiary/aromatic N) is 3. The molecule has 2 aliphatic rings. The molecule has 1 N–H and O–H groups in total. The minimum absolute atomic E-state index is 0.104. The summed E-state index contributed by atoms with van der Waals surface area (Å²) in [6, 6.07) is 7.34. The lowest BCUT2D eigenvalue weighted by atomic mass is 9.90. The van der Waals surface area contributed by atoms with Crippen LogP contribution in [0.3, 0.4) is 0 Å². The number of hydrogen-bond acceptors (Lipinski definition) is 4. The summed E-state index contributed by atoms with van der Waals surface area (Å²) >= 11 is 0. The molecule has 1 amide bonds. The average molecular weight is 396 g/mol. The van der Waals surface area contributed by atoms with Crippen LogP contribution in [0.25, 0.3) is 10.9 Å².